The smallest absolute Gasteiger partial charge is 0.339 e. The Morgan fingerprint density at radius 1 is 1.08 bits per heavy atom. The first kappa shape index (κ1) is 26.6. The number of nitrogens with zero attached hydrogens (tertiary/aromatic N) is 1. The molecule has 3 N–H and O–H groups in total. The fourth-order valence-corrected chi connectivity index (χ4v) is 5.98. The molecule has 9 nitrogen and oxygen atoms in total. The number of nitrogens with one attached hydrogen (secondary N) is 3. The summed E-state index contributed by atoms with van der Waals surface area (Å²) in [7, 11) is -1.53. The van der Waals surface area contributed by atoms with Crippen LogP contribution in [0.2, 0.25) is 0 Å². The number of hydrogen-bond acceptors (Lipinski definition) is 5. The van der Waals surface area contributed by atoms with E-state index in [1.54, 1.807) is 0 Å². The molecule has 0 bridgehead atoms. The van der Waals surface area contributed by atoms with Gasteiger partial charge >= 0.3 is 12.1 Å². The van der Waals surface area contributed by atoms with E-state index in [1.165, 1.54) is 4.90 Å². The third-order valence-corrected chi connectivity index (χ3v) is 8.68. The van der Waals surface area contributed by atoms with Crippen molar-refractivity contribution in [3.63, 3.8) is 0 Å². The van der Waals surface area contributed by atoms with Crippen LogP contribution in [0.5, 0.6) is 0 Å². The van der Waals surface area contributed by atoms with Gasteiger partial charge in [-0.2, -0.15) is 13.2 Å². The number of rotatable bonds is 4. The molecule has 0 radical (unpaired) electrons. The Kier molecular flexibility index (Phi) is 7.77. The van der Waals surface area contributed by atoms with Crippen molar-refractivity contribution in [2.75, 3.05) is 6.54 Å². The van der Waals surface area contributed by atoms with E-state index in [1.807, 2.05) is 17.5 Å². The van der Waals surface area contributed by atoms with E-state index in [-0.39, 0.29) is 30.6 Å². The quantitative estimate of drug-likeness (QED) is 0.472. The summed E-state index contributed by atoms with van der Waals surface area (Å²) in [5.41, 5.74) is -1.28. The first-order chi connectivity index (χ1) is 17.0. The first-order valence-corrected chi connectivity index (χ1v) is 13.6. The lowest BCUT2D eigenvalue weighted by atomic mass is 10.0. The van der Waals surface area contributed by atoms with E-state index < -0.39 is 58.4 Å². The van der Waals surface area contributed by atoms with Crippen LogP contribution < -0.4 is 15.4 Å². The van der Waals surface area contributed by atoms with Gasteiger partial charge in [0.1, 0.15) is 28.6 Å². The Hall–Kier alpha value is -2.44. The largest absolute Gasteiger partial charge is 0.471 e. The predicted octanol–water partition coefficient (Wildman–Crippen LogP) is 1.36. The van der Waals surface area contributed by atoms with Crippen molar-refractivity contribution in [3.8, 4) is 0 Å². The van der Waals surface area contributed by atoms with Gasteiger partial charge in [-0.15, -0.1) is 0 Å². The minimum atomic E-state index is -5.13. The Morgan fingerprint density at radius 2 is 1.83 bits per heavy atom. The first-order valence-electron chi connectivity index (χ1n) is 12.4. The van der Waals surface area contributed by atoms with Gasteiger partial charge < -0.3 is 15.5 Å². The summed E-state index contributed by atoms with van der Waals surface area (Å²) in [5.74, 6) is -4.33. The van der Waals surface area contributed by atoms with Crippen LogP contribution in [0.3, 0.4) is 0 Å². The second kappa shape index (κ2) is 10.5. The summed E-state index contributed by atoms with van der Waals surface area (Å²) < 4.78 is 53.5. The van der Waals surface area contributed by atoms with Crippen molar-refractivity contribution >= 4 is 34.6 Å². The Morgan fingerprint density at radius 3 is 2.53 bits per heavy atom. The summed E-state index contributed by atoms with van der Waals surface area (Å²) in [6.07, 6.45) is 3.67. The molecular weight excluding hydrogens is 501 g/mol. The topological polar surface area (TPSA) is 125 Å². The number of carbonyl (C=O) groups is 4. The van der Waals surface area contributed by atoms with Gasteiger partial charge in [0.2, 0.25) is 11.8 Å². The maximum Gasteiger partial charge on any atom is 0.471 e. The van der Waals surface area contributed by atoms with Crippen molar-refractivity contribution in [2.45, 2.75) is 93.3 Å². The van der Waals surface area contributed by atoms with Gasteiger partial charge in [-0.3, -0.25) is 23.9 Å². The molecule has 4 rings (SSSR count). The standard InChI is InChI=1S/C23H31F3N4O5S/c24-23(25,26)21(34)27-16-8-5-3-1-2-4-7-14-13-22(14,20(33)29-36(35)15-10-11-15)28-18(31)17-9-6-12-30(17)19(16)32/h4,7,14-17H,1-3,5-6,8-13H2,(H,27,34)(H,28,31)(H,29,33)/b7-4-/t14-,16+,17+,22-,36?/m1/s1. The highest BCUT2D eigenvalue weighted by molar-refractivity contribution is 7.84. The molecule has 2 aliphatic heterocycles. The molecule has 200 valence electrons. The molecule has 0 aromatic heterocycles. The summed E-state index contributed by atoms with van der Waals surface area (Å²) >= 11 is 0. The van der Waals surface area contributed by atoms with Crippen molar-refractivity contribution in [1.29, 1.82) is 0 Å². The van der Waals surface area contributed by atoms with Gasteiger partial charge in [0.25, 0.3) is 5.91 Å². The SMILES string of the molecule is O=C1N[C@]2(C(=O)NS(=O)C3CC3)C[C@H]2/C=C\CCCCC[C@H](NC(=O)C(F)(F)F)C(=O)N2CCC[C@@H]12. The van der Waals surface area contributed by atoms with Crippen molar-refractivity contribution < 1.29 is 36.6 Å². The molecule has 5 atom stereocenters. The average Bonchev–Trinajstić information content (AvgIpc) is 3.72. The number of allylic oxidation sites excluding steroid dienone is 1. The van der Waals surface area contributed by atoms with Gasteiger partial charge in [-0.05, 0) is 51.4 Å². The van der Waals surface area contributed by atoms with E-state index in [0.29, 0.717) is 38.5 Å². The number of alkyl halides is 3. The van der Waals surface area contributed by atoms with E-state index >= 15 is 0 Å². The molecule has 1 saturated heterocycles. The highest BCUT2D eigenvalue weighted by atomic mass is 32.2. The van der Waals surface area contributed by atoms with Gasteiger partial charge in [0.05, 0.1) is 5.25 Å². The summed E-state index contributed by atoms with van der Waals surface area (Å²) in [6.45, 7) is 0.156. The number of carbonyl (C=O) groups excluding carboxylic acids is 4. The molecule has 13 heteroatoms. The maximum atomic E-state index is 13.3. The van der Waals surface area contributed by atoms with Crippen LogP contribution in [0.4, 0.5) is 13.2 Å². The molecule has 4 aliphatic rings. The zero-order valence-corrected chi connectivity index (χ0v) is 20.6. The lowest BCUT2D eigenvalue weighted by molar-refractivity contribution is -0.175. The summed E-state index contributed by atoms with van der Waals surface area (Å²) in [5, 5.41) is 4.51. The predicted molar refractivity (Wildman–Crippen MR) is 123 cm³/mol. The molecule has 0 aromatic rings. The number of amides is 4. The molecule has 0 spiro atoms. The average molecular weight is 533 g/mol. The second-order valence-corrected chi connectivity index (χ2v) is 11.4. The van der Waals surface area contributed by atoms with Crippen LogP contribution in [0, 0.1) is 5.92 Å². The monoisotopic (exact) mass is 532 g/mol. The number of halogens is 3. The Labute approximate surface area is 209 Å². The van der Waals surface area contributed by atoms with Crippen LogP contribution in [0.25, 0.3) is 0 Å². The van der Waals surface area contributed by atoms with Gasteiger partial charge in [-0.25, -0.2) is 4.21 Å². The van der Waals surface area contributed by atoms with Gasteiger partial charge in [0.15, 0.2) is 0 Å². The van der Waals surface area contributed by atoms with Crippen LogP contribution >= 0.6 is 0 Å². The maximum absolute atomic E-state index is 13.3. The highest BCUT2D eigenvalue weighted by Gasteiger charge is 2.61. The van der Waals surface area contributed by atoms with Crippen LogP contribution in [-0.2, 0) is 30.2 Å². The molecule has 0 aromatic carbocycles. The van der Waals surface area contributed by atoms with Crippen molar-refractivity contribution in [2.24, 2.45) is 5.92 Å². The molecule has 4 amide bonds. The number of hydrogen-bond donors (Lipinski definition) is 3. The fraction of sp³-hybridized carbons (Fsp3) is 0.739. The van der Waals surface area contributed by atoms with Crippen LogP contribution in [0.1, 0.15) is 64.2 Å². The highest BCUT2D eigenvalue weighted by Crippen LogP contribution is 2.46. The molecule has 2 saturated carbocycles. The summed E-state index contributed by atoms with van der Waals surface area (Å²) in [4.78, 5) is 52.4. The minimum absolute atomic E-state index is 0.0250. The molecule has 36 heavy (non-hydrogen) atoms. The van der Waals surface area contributed by atoms with Gasteiger partial charge in [0, 0.05) is 12.5 Å². The van der Waals surface area contributed by atoms with E-state index in [0.717, 1.165) is 12.8 Å². The Balaban J connectivity index is 1.54. The van der Waals surface area contributed by atoms with Crippen LogP contribution in [0.15, 0.2) is 12.2 Å². The lowest BCUT2D eigenvalue weighted by Crippen LogP contribution is -2.58. The molecule has 3 fully saturated rings. The van der Waals surface area contributed by atoms with Crippen molar-refractivity contribution in [1.82, 2.24) is 20.3 Å². The molecule has 2 heterocycles. The zero-order valence-electron chi connectivity index (χ0n) is 19.8. The number of fused-ring (bicyclic) bond motifs is 2. The third kappa shape index (κ3) is 5.92. The van der Waals surface area contributed by atoms with Crippen LogP contribution in [-0.4, -0.2) is 68.3 Å². The lowest BCUT2D eigenvalue weighted by Gasteiger charge is -2.30. The molecule has 2 aliphatic carbocycles. The third-order valence-electron chi connectivity index (χ3n) is 7.22. The van der Waals surface area contributed by atoms with E-state index in [4.69, 9.17) is 0 Å². The van der Waals surface area contributed by atoms with E-state index in [2.05, 4.69) is 10.0 Å². The zero-order chi connectivity index (χ0) is 26.1. The van der Waals surface area contributed by atoms with E-state index in [9.17, 15) is 36.6 Å². The minimum Gasteiger partial charge on any atom is -0.339 e. The second-order valence-electron chi connectivity index (χ2n) is 9.98. The van der Waals surface area contributed by atoms with Gasteiger partial charge in [-0.1, -0.05) is 25.0 Å². The normalized spacial score (nSPS) is 33.2. The fourth-order valence-electron chi connectivity index (χ4n) is 4.88. The summed E-state index contributed by atoms with van der Waals surface area (Å²) in [6, 6.07) is -2.38. The molecule has 1 unspecified atom stereocenters. The van der Waals surface area contributed by atoms with Crippen molar-refractivity contribution in [3.05, 3.63) is 12.2 Å². The molecular formula is C23H31F3N4O5S. The Bertz CT molecular complexity index is 970.